The Labute approximate surface area is 138 Å². The van der Waals surface area contributed by atoms with Crippen molar-refractivity contribution in [2.24, 2.45) is 10.7 Å². The predicted octanol–water partition coefficient (Wildman–Crippen LogP) is 1.01. The average Bonchev–Trinajstić information content (AvgIpc) is 2.60. The minimum absolute atomic E-state index is 0.106. The molecule has 0 saturated heterocycles. The number of methoxy groups -OCH3 is 1. The Morgan fingerprint density at radius 2 is 2.21 bits per heavy atom. The first-order valence-corrected chi connectivity index (χ1v) is 6.81. The monoisotopic (exact) mass is 325 g/mol. The van der Waals surface area contributed by atoms with E-state index in [1.54, 1.807) is 6.07 Å². The van der Waals surface area contributed by atoms with Gasteiger partial charge in [-0.2, -0.15) is 5.26 Å². The highest BCUT2D eigenvalue weighted by molar-refractivity contribution is 6.11. The molecular weight excluding hydrogens is 310 g/mol. The molecule has 0 aliphatic heterocycles. The van der Waals surface area contributed by atoms with Crippen molar-refractivity contribution < 1.29 is 14.6 Å². The van der Waals surface area contributed by atoms with Gasteiger partial charge in [-0.25, -0.2) is 0 Å². The second kappa shape index (κ2) is 7.11. The van der Waals surface area contributed by atoms with Crippen molar-refractivity contribution in [3.63, 3.8) is 0 Å². The third-order valence-corrected chi connectivity index (χ3v) is 3.29. The van der Waals surface area contributed by atoms with Crippen molar-refractivity contribution in [2.75, 3.05) is 14.2 Å². The first-order chi connectivity index (χ1) is 11.5. The van der Waals surface area contributed by atoms with Gasteiger partial charge in [-0.1, -0.05) is 0 Å². The van der Waals surface area contributed by atoms with Crippen LogP contribution in [0.25, 0.3) is 11.1 Å². The van der Waals surface area contributed by atoms with Gasteiger partial charge in [-0.05, 0) is 18.2 Å². The molecule has 0 saturated carbocycles. The van der Waals surface area contributed by atoms with E-state index >= 15 is 0 Å². The van der Waals surface area contributed by atoms with Crippen LogP contribution in [0.1, 0.15) is 15.9 Å². The minimum atomic E-state index is -0.693. The Hall–Kier alpha value is -3.60. The van der Waals surface area contributed by atoms with Gasteiger partial charge in [0.05, 0.1) is 30.5 Å². The lowest BCUT2D eigenvalue weighted by Gasteiger charge is -2.15. The van der Waals surface area contributed by atoms with E-state index < -0.39 is 5.91 Å². The number of hydrogen-bond acceptors (Lipinski definition) is 6. The maximum absolute atomic E-state index is 12.5. The standard InChI is InChI=1S/C16H15N5O3/c1-19-16(18)21-15(23)14-11(22)4-3-9(7-17)13(14)10-5-6-20-8-12(10)24-2/h3-6,8,22H,1-2H3,(H3,18,19,21,23). The summed E-state index contributed by atoms with van der Waals surface area (Å²) in [5.74, 6) is -0.758. The fourth-order valence-corrected chi connectivity index (χ4v) is 2.18. The number of carbonyl (C=O) groups is 1. The lowest BCUT2D eigenvalue weighted by atomic mass is 9.93. The molecule has 4 N–H and O–H groups in total. The number of nitrogens with one attached hydrogen (secondary N) is 1. The summed E-state index contributed by atoms with van der Waals surface area (Å²) in [6, 6.07) is 6.28. The molecule has 1 amide bonds. The number of rotatable bonds is 3. The van der Waals surface area contributed by atoms with Crippen LogP contribution >= 0.6 is 0 Å². The molecule has 2 rings (SSSR count). The highest BCUT2D eigenvalue weighted by atomic mass is 16.5. The number of nitrogens with zero attached hydrogens (tertiary/aromatic N) is 3. The van der Waals surface area contributed by atoms with Crippen LogP contribution in [0.4, 0.5) is 0 Å². The summed E-state index contributed by atoms with van der Waals surface area (Å²) >= 11 is 0. The summed E-state index contributed by atoms with van der Waals surface area (Å²) in [4.78, 5) is 20.1. The number of benzene rings is 1. The Morgan fingerprint density at radius 1 is 1.46 bits per heavy atom. The lowest BCUT2D eigenvalue weighted by molar-refractivity contribution is 0.0974. The molecule has 0 radical (unpaired) electrons. The van der Waals surface area contributed by atoms with E-state index in [0.29, 0.717) is 11.3 Å². The number of carbonyl (C=O) groups excluding carboxylic acids is 1. The highest BCUT2D eigenvalue weighted by Gasteiger charge is 2.23. The zero-order valence-corrected chi connectivity index (χ0v) is 13.1. The number of aliphatic imine (C=N–C) groups is 1. The Kier molecular flexibility index (Phi) is 4.96. The van der Waals surface area contributed by atoms with E-state index in [9.17, 15) is 15.2 Å². The van der Waals surface area contributed by atoms with Gasteiger partial charge in [0, 0.05) is 24.4 Å². The van der Waals surface area contributed by atoms with Crippen molar-refractivity contribution in [1.82, 2.24) is 10.3 Å². The van der Waals surface area contributed by atoms with Crippen LogP contribution in [0.3, 0.4) is 0 Å². The molecule has 0 aliphatic carbocycles. The van der Waals surface area contributed by atoms with E-state index in [4.69, 9.17) is 10.5 Å². The number of ether oxygens (including phenoxy) is 1. The molecule has 0 spiro atoms. The summed E-state index contributed by atoms with van der Waals surface area (Å²) in [6.45, 7) is 0. The number of pyridine rings is 1. The molecule has 0 fully saturated rings. The van der Waals surface area contributed by atoms with E-state index in [2.05, 4.69) is 15.3 Å². The lowest BCUT2D eigenvalue weighted by Crippen LogP contribution is -2.37. The van der Waals surface area contributed by atoms with Crippen LogP contribution in [0.15, 0.2) is 35.6 Å². The van der Waals surface area contributed by atoms with Crippen LogP contribution in [-0.2, 0) is 0 Å². The van der Waals surface area contributed by atoms with Gasteiger partial charge in [0.1, 0.15) is 11.5 Å². The van der Waals surface area contributed by atoms with Gasteiger partial charge < -0.3 is 15.6 Å². The fraction of sp³-hybridized carbons (Fsp3) is 0.125. The number of nitriles is 1. The molecule has 0 atom stereocenters. The zero-order chi connectivity index (χ0) is 17.7. The van der Waals surface area contributed by atoms with Gasteiger partial charge >= 0.3 is 0 Å². The summed E-state index contributed by atoms with van der Waals surface area (Å²) in [7, 11) is 2.85. The molecule has 1 aromatic carbocycles. The van der Waals surface area contributed by atoms with E-state index in [-0.39, 0.29) is 28.4 Å². The zero-order valence-electron chi connectivity index (χ0n) is 13.1. The Morgan fingerprint density at radius 3 is 2.83 bits per heavy atom. The number of nitrogens with two attached hydrogens (primary N) is 1. The van der Waals surface area contributed by atoms with Crippen molar-refractivity contribution in [2.45, 2.75) is 0 Å². The molecule has 2 aromatic rings. The van der Waals surface area contributed by atoms with Crippen LogP contribution in [-0.4, -0.2) is 36.1 Å². The van der Waals surface area contributed by atoms with Crippen molar-refractivity contribution in [3.05, 3.63) is 41.7 Å². The van der Waals surface area contributed by atoms with Crippen LogP contribution in [0, 0.1) is 11.3 Å². The van der Waals surface area contributed by atoms with Gasteiger partial charge in [0.15, 0.2) is 5.96 Å². The minimum Gasteiger partial charge on any atom is -0.507 e. The van der Waals surface area contributed by atoms with Crippen LogP contribution < -0.4 is 15.8 Å². The SMILES string of the molecule is CN=C(N)NC(=O)c1c(O)ccc(C#N)c1-c1ccncc1OC. The quantitative estimate of drug-likeness (QED) is 0.569. The molecular formula is C16H15N5O3. The molecule has 8 heteroatoms. The molecule has 0 bridgehead atoms. The molecule has 8 nitrogen and oxygen atoms in total. The molecule has 122 valence electrons. The first kappa shape index (κ1) is 16.8. The molecule has 1 heterocycles. The number of phenolic OH excluding ortho intramolecular Hbond substituents is 1. The number of phenols is 1. The summed E-state index contributed by atoms with van der Waals surface area (Å²) in [6.07, 6.45) is 2.94. The van der Waals surface area contributed by atoms with Crippen molar-refractivity contribution in [1.29, 1.82) is 5.26 Å². The predicted molar refractivity (Wildman–Crippen MR) is 87.6 cm³/mol. The number of hydrogen-bond donors (Lipinski definition) is 3. The van der Waals surface area contributed by atoms with Gasteiger partial charge in [0.25, 0.3) is 5.91 Å². The second-order valence-electron chi connectivity index (χ2n) is 4.63. The third-order valence-electron chi connectivity index (χ3n) is 3.29. The summed E-state index contributed by atoms with van der Waals surface area (Å²) in [5, 5.41) is 21.9. The number of aromatic nitrogens is 1. The topological polar surface area (TPSA) is 134 Å². The normalized spacial score (nSPS) is 10.8. The maximum Gasteiger partial charge on any atom is 0.262 e. The van der Waals surface area contributed by atoms with Crippen LogP contribution in [0.2, 0.25) is 0 Å². The molecule has 1 aromatic heterocycles. The Balaban J connectivity index is 2.76. The van der Waals surface area contributed by atoms with E-state index in [1.165, 1.54) is 38.7 Å². The summed E-state index contributed by atoms with van der Waals surface area (Å²) in [5.41, 5.74) is 6.26. The summed E-state index contributed by atoms with van der Waals surface area (Å²) < 4.78 is 5.24. The smallest absolute Gasteiger partial charge is 0.262 e. The number of guanidine groups is 1. The van der Waals surface area contributed by atoms with E-state index in [0.717, 1.165) is 0 Å². The Bertz CT molecular complexity index is 855. The highest BCUT2D eigenvalue weighted by Crippen LogP contribution is 2.37. The number of amides is 1. The van der Waals surface area contributed by atoms with Crippen molar-refractivity contribution in [3.8, 4) is 28.7 Å². The largest absolute Gasteiger partial charge is 0.507 e. The fourth-order valence-electron chi connectivity index (χ4n) is 2.18. The van der Waals surface area contributed by atoms with Gasteiger partial charge in [-0.15, -0.1) is 0 Å². The van der Waals surface area contributed by atoms with Crippen molar-refractivity contribution >= 4 is 11.9 Å². The van der Waals surface area contributed by atoms with Gasteiger partial charge in [-0.3, -0.25) is 20.1 Å². The molecule has 0 aliphatic rings. The molecule has 24 heavy (non-hydrogen) atoms. The molecule has 0 unspecified atom stereocenters. The second-order valence-corrected chi connectivity index (χ2v) is 4.63. The number of aromatic hydroxyl groups is 1. The van der Waals surface area contributed by atoms with Crippen LogP contribution in [0.5, 0.6) is 11.5 Å². The van der Waals surface area contributed by atoms with Gasteiger partial charge in [0.2, 0.25) is 0 Å². The first-order valence-electron chi connectivity index (χ1n) is 6.81. The maximum atomic E-state index is 12.5. The van der Waals surface area contributed by atoms with E-state index in [1.807, 2.05) is 6.07 Å². The third kappa shape index (κ3) is 3.10. The average molecular weight is 325 g/mol.